The van der Waals surface area contributed by atoms with Crippen molar-refractivity contribution in [3.63, 3.8) is 0 Å². The molecule has 6 nitrogen and oxygen atoms in total. The fourth-order valence-electron chi connectivity index (χ4n) is 0.950. The van der Waals surface area contributed by atoms with E-state index in [4.69, 9.17) is 0 Å². The lowest BCUT2D eigenvalue weighted by molar-refractivity contribution is 1.02. The lowest BCUT2D eigenvalue weighted by Crippen LogP contribution is -1.71. The smallest absolute Gasteiger partial charge is 0.114 e. The maximum absolute atomic E-state index is 3.95. The Kier molecular flexibility index (Phi) is 7.48. The summed E-state index contributed by atoms with van der Waals surface area (Å²) < 4.78 is 11.6. The van der Waals surface area contributed by atoms with E-state index in [0.29, 0.717) is 0 Å². The summed E-state index contributed by atoms with van der Waals surface area (Å²) in [4.78, 5) is 1.21. The molecule has 0 saturated carbocycles. The average Bonchev–Trinajstić information content (AvgIpc) is 3.09. The number of hydrogen-bond donors (Lipinski definition) is 0. The first-order valence-corrected chi connectivity index (χ1v) is 8.50. The molecule has 0 spiro atoms. The van der Waals surface area contributed by atoms with Crippen LogP contribution in [0.15, 0.2) is 0 Å². The highest BCUT2D eigenvalue weighted by molar-refractivity contribution is 7.11. The molecule has 0 aliphatic heterocycles. The standard InChI is InChI=1S/3C4H6N2S/c1-3-5-6-4(2)7-3;1-3-4(2)7-6-5-3;1-3-4(2)6-7-5-3/h3*1-2H3. The molecule has 0 amide bonds. The average molecular weight is 343 g/mol. The molecule has 9 heteroatoms. The number of aryl methyl sites for hydroxylation is 6. The SMILES string of the molecule is Cc1nnc(C)s1.Cc1nnsc1C.Cc1nsnc1C. The van der Waals surface area contributed by atoms with E-state index in [1.54, 1.807) is 11.3 Å². The normalized spacial score (nSPS) is 9.43. The minimum absolute atomic E-state index is 1.04. The van der Waals surface area contributed by atoms with Gasteiger partial charge in [0.25, 0.3) is 0 Å². The van der Waals surface area contributed by atoms with Crippen LogP contribution in [0.25, 0.3) is 0 Å². The van der Waals surface area contributed by atoms with Crippen LogP contribution in [-0.2, 0) is 0 Å². The maximum Gasteiger partial charge on any atom is 0.114 e. The summed E-state index contributed by atoms with van der Waals surface area (Å²) in [5.41, 5.74) is 3.14. The third-order valence-electron chi connectivity index (χ3n) is 2.38. The Labute approximate surface area is 136 Å². The van der Waals surface area contributed by atoms with Crippen molar-refractivity contribution in [1.82, 2.24) is 28.5 Å². The molecule has 0 fully saturated rings. The number of hydrogen-bond acceptors (Lipinski definition) is 9. The fraction of sp³-hybridized carbons (Fsp3) is 0.500. The molecule has 3 aromatic rings. The highest BCUT2D eigenvalue weighted by Gasteiger charge is 1.92. The predicted molar refractivity (Wildman–Crippen MR) is 88.1 cm³/mol. The lowest BCUT2D eigenvalue weighted by atomic mass is 10.4. The molecule has 114 valence electrons. The van der Waals surface area contributed by atoms with E-state index in [2.05, 4.69) is 28.5 Å². The van der Waals surface area contributed by atoms with Gasteiger partial charge in [0.2, 0.25) is 0 Å². The molecule has 0 aromatic carbocycles. The Morgan fingerprint density at radius 3 is 1.33 bits per heavy atom. The summed E-state index contributed by atoms with van der Waals surface area (Å²) >= 11 is 4.33. The van der Waals surface area contributed by atoms with Crippen molar-refractivity contribution >= 4 is 34.6 Å². The Balaban J connectivity index is 0.000000157. The molecule has 0 atom stereocenters. The molecule has 0 bridgehead atoms. The molecule has 0 aliphatic carbocycles. The molecule has 0 aliphatic rings. The van der Waals surface area contributed by atoms with Gasteiger partial charge in [-0.25, -0.2) is 0 Å². The van der Waals surface area contributed by atoms with Gasteiger partial charge in [-0.2, -0.15) is 8.75 Å². The van der Waals surface area contributed by atoms with Gasteiger partial charge in [-0.15, -0.1) is 26.6 Å². The van der Waals surface area contributed by atoms with E-state index in [9.17, 15) is 0 Å². The molecule has 0 N–H and O–H groups in total. The third kappa shape index (κ3) is 6.78. The molecule has 3 heterocycles. The van der Waals surface area contributed by atoms with Gasteiger partial charge in [-0.05, 0) is 53.1 Å². The second kappa shape index (κ2) is 8.85. The van der Waals surface area contributed by atoms with Gasteiger partial charge < -0.3 is 0 Å². The summed E-state index contributed by atoms with van der Waals surface area (Å²) in [6, 6.07) is 0. The minimum Gasteiger partial charge on any atom is -0.178 e. The Hall–Kier alpha value is -1.32. The van der Waals surface area contributed by atoms with E-state index in [1.807, 2.05) is 41.5 Å². The van der Waals surface area contributed by atoms with Crippen molar-refractivity contribution in [2.45, 2.75) is 41.5 Å². The first kappa shape index (κ1) is 17.7. The van der Waals surface area contributed by atoms with E-state index in [1.165, 1.54) is 28.1 Å². The molecular formula is C12H18N6S3. The highest BCUT2D eigenvalue weighted by atomic mass is 32.1. The Bertz CT molecular complexity index is 570. The van der Waals surface area contributed by atoms with Crippen LogP contribution in [0.1, 0.15) is 32.0 Å². The molecule has 0 saturated heterocycles. The first-order chi connectivity index (χ1) is 9.90. The quantitative estimate of drug-likeness (QED) is 0.622. The predicted octanol–water partition coefficient (Wildman–Crippen LogP) is 3.46. The molecule has 3 aromatic heterocycles. The van der Waals surface area contributed by atoms with E-state index in [-0.39, 0.29) is 0 Å². The lowest BCUT2D eigenvalue weighted by Gasteiger charge is -1.75. The van der Waals surface area contributed by atoms with Crippen LogP contribution in [0, 0.1) is 41.5 Å². The van der Waals surface area contributed by atoms with Crippen molar-refractivity contribution in [2.75, 3.05) is 0 Å². The molecular weight excluding hydrogens is 324 g/mol. The summed E-state index contributed by atoms with van der Waals surface area (Å²) in [5.74, 6) is 0. The molecule has 3 rings (SSSR count). The third-order valence-corrected chi connectivity index (χ3v) is 4.58. The van der Waals surface area contributed by atoms with Gasteiger partial charge in [0.05, 0.1) is 28.8 Å². The van der Waals surface area contributed by atoms with Crippen LogP contribution in [0.5, 0.6) is 0 Å². The molecule has 21 heavy (non-hydrogen) atoms. The van der Waals surface area contributed by atoms with Crippen LogP contribution >= 0.6 is 34.6 Å². The second-order valence-electron chi connectivity index (χ2n) is 4.19. The zero-order valence-corrected chi connectivity index (χ0v) is 15.4. The largest absolute Gasteiger partial charge is 0.178 e. The van der Waals surface area contributed by atoms with Crippen molar-refractivity contribution < 1.29 is 0 Å². The summed E-state index contributed by atoms with van der Waals surface area (Å²) in [6.45, 7) is 11.8. The van der Waals surface area contributed by atoms with Crippen LogP contribution in [0.4, 0.5) is 0 Å². The van der Waals surface area contributed by atoms with Crippen molar-refractivity contribution in [1.29, 1.82) is 0 Å². The summed E-state index contributed by atoms with van der Waals surface area (Å²) in [7, 11) is 0. The Morgan fingerprint density at radius 1 is 0.667 bits per heavy atom. The molecule has 0 unspecified atom stereocenters. The van der Waals surface area contributed by atoms with Crippen molar-refractivity contribution in [2.24, 2.45) is 0 Å². The zero-order chi connectivity index (χ0) is 15.8. The van der Waals surface area contributed by atoms with Crippen LogP contribution in [0.2, 0.25) is 0 Å². The zero-order valence-electron chi connectivity index (χ0n) is 12.9. The summed E-state index contributed by atoms with van der Waals surface area (Å²) in [5, 5.41) is 13.4. The monoisotopic (exact) mass is 342 g/mol. The van der Waals surface area contributed by atoms with Gasteiger partial charge >= 0.3 is 0 Å². The first-order valence-electron chi connectivity index (χ1n) is 6.18. The number of rotatable bonds is 0. The maximum atomic E-state index is 3.95. The van der Waals surface area contributed by atoms with Crippen molar-refractivity contribution in [3.8, 4) is 0 Å². The van der Waals surface area contributed by atoms with Crippen molar-refractivity contribution in [3.05, 3.63) is 32.0 Å². The van der Waals surface area contributed by atoms with Gasteiger partial charge in [0.1, 0.15) is 10.0 Å². The van der Waals surface area contributed by atoms with E-state index < -0.39 is 0 Å². The van der Waals surface area contributed by atoms with Gasteiger partial charge in [0.15, 0.2) is 0 Å². The Morgan fingerprint density at radius 2 is 1.19 bits per heavy atom. The topological polar surface area (TPSA) is 77.3 Å². The van der Waals surface area contributed by atoms with E-state index >= 15 is 0 Å². The second-order valence-corrected chi connectivity index (χ2v) is 7.06. The number of aromatic nitrogens is 6. The van der Waals surface area contributed by atoms with E-state index in [0.717, 1.165) is 27.1 Å². The van der Waals surface area contributed by atoms with Gasteiger partial charge in [0, 0.05) is 4.88 Å². The minimum atomic E-state index is 1.04. The van der Waals surface area contributed by atoms with Crippen LogP contribution in [0.3, 0.4) is 0 Å². The summed E-state index contributed by atoms with van der Waals surface area (Å²) in [6.07, 6.45) is 0. The number of nitrogens with zero attached hydrogens (tertiary/aromatic N) is 6. The van der Waals surface area contributed by atoms with Crippen LogP contribution in [-0.4, -0.2) is 28.5 Å². The van der Waals surface area contributed by atoms with Crippen LogP contribution < -0.4 is 0 Å². The van der Waals surface area contributed by atoms with Gasteiger partial charge in [-0.1, -0.05) is 4.49 Å². The highest BCUT2D eigenvalue weighted by Crippen LogP contribution is 2.04. The van der Waals surface area contributed by atoms with Gasteiger partial charge in [-0.3, -0.25) is 0 Å². The molecule has 0 radical (unpaired) electrons. The fourth-order valence-corrected chi connectivity index (χ4v) is 2.55.